The van der Waals surface area contributed by atoms with E-state index in [1.165, 1.54) is 4.88 Å². The predicted octanol–water partition coefficient (Wildman–Crippen LogP) is 3.71. The maximum Gasteiger partial charge on any atom is 0.123 e. The van der Waals surface area contributed by atoms with E-state index >= 15 is 0 Å². The van der Waals surface area contributed by atoms with Crippen molar-refractivity contribution in [3.8, 4) is 16.3 Å². The first kappa shape index (κ1) is 12.2. The first-order chi connectivity index (χ1) is 6.66. The summed E-state index contributed by atoms with van der Waals surface area (Å²) in [6.45, 7) is 4.08. The summed E-state index contributed by atoms with van der Waals surface area (Å²) in [5.74, 6) is 0.291. The third kappa shape index (κ3) is 2.58. The average molecular weight is 286 g/mol. The summed E-state index contributed by atoms with van der Waals surface area (Å²) in [5.41, 5.74) is 2.14. The number of aryl methyl sites for hydroxylation is 2. The second-order valence-electron chi connectivity index (χ2n) is 3.21. The van der Waals surface area contributed by atoms with Gasteiger partial charge in [-0.2, -0.15) is 0 Å². The summed E-state index contributed by atoms with van der Waals surface area (Å²) in [6.07, 6.45) is 0. The molecule has 2 aromatic rings. The van der Waals surface area contributed by atoms with Crippen LogP contribution in [-0.4, -0.2) is 10.1 Å². The van der Waals surface area contributed by atoms with Crippen LogP contribution >= 0.6 is 28.3 Å². The summed E-state index contributed by atoms with van der Waals surface area (Å²) >= 11 is 1.68. The molecular weight excluding hydrogens is 274 g/mol. The lowest BCUT2D eigenvalue weighted by Crippen LogP contribution is -1.76. The Hall–Kier alpha value is -0.870. The molecule has 80 valence electrons. The Morgan fingerprint density at radius 1 is 1.13 bits per heavy atom. The summed E-state index contributed by atoms with van der Waals surface area (Å²) in [7, 11) is 0. The van der Waals surface area contributed by atoms with E-state index in [1.807, 2.05) is 19.1 Å². The van der Waals surface area contributed by atoms with Crippen LogP contribution in [0.5, 0.6) is 5.75 Å². The van der Waals surface area contributed by atoms with Gasteiger partial charge in [-0.15, -0.1) is 28.3 Å². The molecule has 0 bridgehead atoms. The van der Waals surface area contributed by atoms with E-state index in [1.54, 1.807) is 23.5 Å². The van der Waals surface area contributed by atoms with Gasteiger partial charge in [0.05, 0.1) is 5.69 Å². The zero-order valence-electron chi connectivity index (χ0n) is 8.52. The van der Waals surface area contributed by atoms with Gasteiger partial charge in [0, 0.05) is 10.4 Å². The molecule has 0 radical (unpaired) electrons. The van der Waals surface area contributed by atoms with Crippen LogP contribution < -0.4 is 0 Å². The van der Waals surface area contributed by atoms with Crippen molar-refractivity contribution in [1.29, 1.82) is 0 Å². The number of hydrogen-bond donors (Lipinski definition) is 1. The van der Waals surface area contributed by atoms with E-state index in [4.69, 9.17) is 5.11 Å². The number of nitrogens with zero attached hydrogens (tertiary/aromatic N) is 1. The monoisotopic (exact) mass is 285 g/mol. The Morgan fingerprint density at radius 2 is 1.73 bits per heavy atom. The molecule has 0 spiro atoms. The molecule has 4 heteroatoms. The molecule has 0 aliphatic heterocycles. The number of halogens is 1. The number of rotatable bonds is 1. The van der Waals surface area contributed by atoms with E-state index < -0.39 is 0 Å². The fourth-order valence-corrected chi connectivity index (χ4v) is 2.12. The van der Waals surface area contributed by atoms with Gasteiger partial charge in [-0.25, -0.2) is 4.98 Å². The van der Waals surface area contributed by atoms with Gasteiger partial charge < -0.3 is 5.11 Å². The van der Waals surface area contributed by atoms with Crippen LogP contribution in [0.3, 0.4) is 0 Å². The smallest absolute Gasteiger partial charge is 0.123 e. The fourth-order valence-electron chi connectivity index (χ4n) is 1.20. The highest BCUT2D eigenvalue weighted by Crippen LogP contribution is 2.28. The molecule has 0 saturated carbocycles. The Labute approximate surface area is 103 Å². The lowest BCUT2D eigenvalue weighted by Gasteiger charge is -1.95. The summed E-state index contributed by atoms with van der Waals surface area (Å²) in [4.78, 5) is 5.69. The topological polar surface area (TPSA) is 33.1 Å². The van der Waals surface area contributed by atoms with Gasteiger partial charge in [0.15, 0.2) is 0 Å². The predicted molar refractivity (Wildman–Crippen MR) is 69.0 cm³/mol. The molecule has 0 atom stereocenters. The van der Waals surface area contributed by atoms with Crippen LogP contribution in [0.25, 0.3) is 10.6 Å². The van der Waals surface area contributed by atoms with Crippen LogP contribution in [0, 0.1) is 13.8 Å². The van der Waals surface area contributed by atoms with E-state index in [2.05, 4.69) is 11.9 Å². The molecule has 1 aromatic carbocycles. The lowest BCUT2D eigenvalue weighted by molar-refractivity contribution is 0.475. The van der Waals surface area contributed by atoms with Crippen LogP contribution in [0.2, 0.25) is 0 Å². The zero-order valence-corrected chi connectivity index (χ0v) is 11.0. The minimum Gasteiger partial charge on any atom is -0.508 e. The molecule has 1 N–H and O–H groups in total. The van der Waals surface area contributed by atoms with Gasteiger partial charge in [0.1, 0.15) is 10.8 Å². The number of aromatic hydroxyl groups is 1. The van der Waals surface area contributed by atoms with E-state index in [9.17, 15) is 0 Å². The van der Waals surface area contributed by atoms with Gasteiger partial charge in [-0.1, -0.05) is 0 Å². The van der Waals surface area contributed by atoms with Crippen LogP contribution in [0.15, 0.2) is 24.3 Å². The Balaban J connectivity index is 0.00000112. The standard InChI is InChI=1S/C11H11NOS.BrH/c1-7-8(2)14-11(12-7)9-3-5-10(13)6-4-9;/h3-6,13H,1-2H3;1H. The molecule has 0 aliphatic carbocycles. The van der Waals surface area contributed by atoms with Crippen molar-refractivity contribution in [2.45, 2.75) is 13.8 Å². The summed E-state index contributed by atoms with van der Waals surface area (Å²) in [6, 6.07) is 7.13. The van der Waals surface area contributed by atoms with Gasteiger partial charge in [0.25, 0.3) is 0 Å². The number of benzene rings is 1. The SMILES string of the molecule is Br.Cc1nc(-c2ccc(O)cc2)sc1C. The number of phenols is 1. The van der Waals surface area contributed by atoms with Crippen LogP contribution in [-0.2, 0) is 0 Å². The van der Waals surface area contributed by atoms with Gasteiger partial charge >= 0.3 is 0 Å². The molecular formula is C11H12BrNOS. The third-order valence-corrected chi connectivity index (χ3v) is 3.26. The molecule has 15 heavy (non-hydrogen) atoms. The summed E-state index contributed by atoms with van der Waals surface area (Å²) in [5, 5.41) is 10.2. The molecule has 1 heterocycles. The van der Waals surface area contributed by atoms with Crippen molar-refractivity contribution in [3.05, 3.63) is 34.8 Å². The van der Waals surface area contributed by atoms with Crippen molar-refractivity contribution in [2.24, 2.45) is 0 Å². The normalized spacial score (nSPS) is 9.73. The molecule has 0 aliphatic rings. The Morgan fingerprint density at radius 3 is 2.20 bits per heavy atom. The Bertz CT molecular complexity index is 431. The number of phenolic OH excluding ortho intramolecular Hbond substituents is 1. The third-order valence-electron chi connectivity index (χ3n) is 2.14. The maximum atomic E-state index is 9.15. The number of thiazole rings is 1. The number of hydrogen-bond acceptors (Lipinski definition) is 3. The van der Waals surface area contributed by atoms with Gasteiger partial charge in [0.2, 0.25) is 0 Å². The van der Waals surface area contributed by atoms with Crippen molar-refractivity contribution >= 4 is 28.3 Å². The van der Waals surface area contributed by atoms with E-state index in [-0.39, 0.29) is 17.0 Å². The molecule has 2 rings (SSSR count). The highest BCUT2D eigenvalue weighted by Gasteiger charge is 2.05. The highest BCUT2D eigenvalue weighted by atomic mass is 79.9. The molecule has 2 nitrogen and oxygen atoms in total. The van der Waals surface area contributed by atoms with Gasteiger partial charge in [-0.05, 0) is 38.1 Å². The molecule has 0 fully saturated rings. The minimum atomic E-state index is 0. The largest absolute Gasteiger partial charge is 0.508 e. The van der Waals surface area contributed by atoms with Crippen molar-refractivity contribution in [2.75, 3.05) is 0 Å². The fraction of sp³-hybridized carbons (Fsp3) is 0.182. The lowest BCUT2D eigenvalue weighted by atomic mass is 10.2. The van der Waals surface area contributed by atoms with Gasteiger partial charge in [-0.3, -0.25) is 0 Å². The number of aromatic nitrogens is 1. The first-order valence-corrected chi connectivity index (χ1v) is 5.22. The van der Waals surface area contributed by atoms with E-state index in [0.717, 1.165) is 16.3 Å². The zero-order chi connectivity index (χ0) is 10.1. The second-order valence-corrected chi connectivity index (χ2v) is 4.41. The Kier molecular flexibility index (Phi) is 3.88. The molecule has 1 aromatic heterocycles. The highest BCUT2D eigenvalue weighted by molar-refractivity contribution is 8.93. The second kappa shape index (κ2) is 4.77. The van der Waals surface area contributed by atoms with E-state index in [0.29, 0.717) is 5.75 Å². The average Bonchev–Trinajstić information content (AvgIpc) is 2.48. The van der Waals surface area contributed by atoms with Crippen molar-refractivity contribution < 1.29 is 5.11 Å². The quantitative estimate of drug-likeness (QED) is 0.867. The van der Waals surface area contributed by atoms with Crippen LogP contribution in [0.1, 0.15) is 10.6 Å². The minimum absolute atomic E-state index is 0. The van der Waals surface area contributed by atoms with Crippen molar-refractivity contribution in [3.63, 3.8) is 0 Å². The maximum absolute atomic E-state index is 9.15. The van der Waals surface area contributed by atoms with Crippen molar-refractivity contribution in [1.82, 2.24) is 4.98 Å². The molecule has 0 amide bonds. The molecule has 0 saturated heterocycles. The van der Waals surface area contributed by atoms with Crippen LogP contribution in [0.4, 0.5) is 0 Å². The molecule has 0 unspecified atom stereocenters. The first-order valence-electron chi connectivity index (χ1n) is 4.40. The summed E-state index contributed by atoms with van der Waals surface area (Å²) < 4.78 is 0.